The minimum Gasteiger partial charge on any atom is -0.492 e. The van der Waals surface area contributed by atoms with Crippen LogP contribution in [0.5, 0.6) is 5.75 Å². The molecular weight excluding hydrogens is 298 g/mol. The lowest BCUT2D eigenvalue weighted by Crippen LogP contribution is -2.25. The van der Waals surface area contributed by atoms with Gasteiger partial charge in [-0.25, -0.2) is 4.98 Å². The van der Waals surface area contributed by atoms with Crippen LogP contribution in [-0.2, 0) is 13.1 Å². The molecule has 0 saturated carbocycles. The summed E-state index contributed by atoms with van der Waals surface area (Å²) in [6.45, 7) is 3.28. The van der Waals surface area contributed by atoms with E-state index < -0.39 is 0 Å². The maximum Gasteiger partial charge on any atom is 0.127 e. The van der Waals surface area contributed by atoms with Crippen molar-refractivity contribution in [3.8, 4) is 5.75 Å². The summed E-state index contributed by atoms with van der Waals surface area (Å²) in [5.74, 6) is 1.91. The maximum atomic E-state index is 6.10. The number of rotatable bonds is 3. The summed E-state index contributed by atoms with van der Waals surface area (Å²) in [4.78, 5) is 8.83. The lowest BCUT2D eigenvalue weighted by molar-refractivity contribution is 0.219. The fourth-order valence-corrected chi connectivity index (χ4v) is 2.78. The molecule has 2 aromatic rings. The van der Waals surface area contributed by atoms with Gasteiger partial charge in [0.05, 0.1) is 0 Å². The number of anilines is 1. The SMILES string of the molecule is CN(C)c1ccc(CN2CCOc3ccc(Cl)cc3C2)cn1. The third-order valence-electron chi connectivity index (χ3n) is 3.76. The standard InChI is InChI=1S/C17H20ClN3O/c1-20(2)17-6-3-13(10-19-17)11-21-7-8-22-16-5-4-15(18)9-14(16)12-21/h3-6,9-10H,7-8,11-12H2,1-2H3. The molecular formula is C17H20ClN3O. The van der Waals surface area contributed by atoms with Crippen LogP contribution < -0.4 is 9.64 Å². The normalized spacial score (nSPS) is 14.9. The molecule has 1 aromatic carbocycles. The molecule has 0 amide bonds. The summed E-state index contributed by atoms with van der Waals surface area (Å²) in [5.41, 5.74) is 2.35. The summed E-state index contributed by atoms with van der Waals surface area (Å²) in [7, 11) is 3.99. The van der Waals surface area contributed by atoms with Crippen LogP contribution in [0.2, 0.25) is 5.02 Å². The maximum absolute atomic E-state index is 6.10. The van der Waals surface area contributed by atoms with Crippen LogP contribution >= 0.6 is 11.6 Å². The van der Waals surface area contributed by atoms with E-state index in [1.165, 1.54) is 5.56 Å². The highest BCUT2D eigenvalue weighted by molar-refractivity contribution is 6.30. The summed E-state index contributed by atoms with van der Waals surface area (Å²) in [6, 6.07) is 10.00. The summed E-state index contributed by atoms with van der Waals surface area (Å²) < 4.78 is 5.80. The van der Waals surface area contributed by atoms with Gasteiger partial charge in [-0.2, -0.15) is 0 Å². The highest BCUT2D eigenvalue weighted by Gasteiger charge is 2.16. The van der Waals surface area contributed by atoms with Crippen LogP contribution in [-0.4, -0.2) is 37.1 Å². The van der Waals surface area contributed by atoms with E-state index in [9.17, 15) is 0 Å². The molecule has 0 fully saturated rings. The molecule has 116 valence electrons. The summed E-state index contributed by atoms with van der Waals surface area (Å²) >= 11 is 6.10. The number of hydrogen-bond donors (Lipinski definition) is 0. The topological polar surface area (TPSA) is 28.6 Å². The monoisotopic (exact) mass is 317 g/mol. The smallest absolute Gasteiger partial charge is 0.127 e. The first-order valence-corrected chi connectivity index (χ1v) is 7.75. The number of ether oxygens (including phenoxy) is 1. The predicted molar refractivity (Wildman–Crippen MR) is 89.6 cm³/mol. The van der Waals surface area contributed by atoms with E-state index in [-0.39, 0.29) is 0 Å². The van der Waals surface area contributed by atoms with E-state index in [1.54, 1.807) is 0 Å². The number of halogens is 1. The molecule has 0 unspecified atom stereocenters. The van der Waals surface area contributed by atoms with Gasteiger partial charge in [0.2, 0.25) is 0 Å². The average molecular weight is 318 g/mol. The first-order chi connectivity index (χ1) is 10.6. The zero-order valence-corrected chi connectivity index (χ0v) is 13.7. The molecule has 0 spiro atoms. The lowest BCUT2D eigenvalue weighted by atomic mass is 10.2. The molecule has 22 heavy (non-hydrogen) atoms. The third-order valence-corrected chi connectivity index (χ3v) is 3.99. The van der Waals surface area contributed by atoms with Crippen molar-refractivity contribution in [2.75, 3.05) is 32.1 Å². The second-order valence-corrected chi connectivity index (χ2v) is 6.17. The van der Waals surface area contributed by atoms with Gasteiger partial charge in [-0.1, -0.05) is 17.7 Å². The van der Waals surface area contributed by atoms with Crippen molar-refractivity contribution >= 4 is 17.4 Å². The fraction of sp³-hybridized carbons (Fsp3) is 0.353. The average Bonchev–Trinajstić information content (AvgIpc) is 2.69. The molecule has 4 nitrogen and oxygen atoms in total. The van der Waals surface area contributed by atoms with E-state index in [4.69, 9.17) is 16.3 Å². The minimum absolute atomic E-state index is 0.692. The molecule has 5 heteroatoms. The second-order valence-electron chi connectivity index (χ2n) is 5.73. The van der Waals surface area contributed by atoms with Crippen LogP contribution in [0, 0.1) is 0 Å². The minimum atomic E-state index is 0.692. The molecule has 0 saturated heterocycles. The number of fused-ring (bicyclic) bond motifs is 1. The van der Waals surface area contributed by atoms with Crippen molar-refractivity contribution in [3.63, 3.8) is 0 Å². The first-order valence-electron chi connectivity index (χ1n) is 7.37. The van der Waals surface area contributed by atoms with E-state index in [2.05, 4.69) is 22.0 Å². The van der Waals surface area contributed by atoms with Gasteiger partial charge in [0.1, 0.15) is 18.2 Å². The molecule has 0 aliphatic carbocycles. The molecule has 0 bridgehead atoms. The van der Waals surface area contributed by atoms with E-state index in [1.807, 2.05) is 43.4 Å². The molecule has 1 aromatic heterocycles. The first kappa shape index (κ1) is 15.1. The van der Waals surface area contributed by atoms with Gasteiger partial charge in [-0.15, -0.1) is 0 Å². The van der Waals surface area contributed by atoms with E-state index >= 15 is 0 Å². The van der Waals surface area contributed by atoms with Gasteiger partial charge < -0.3 is 9.64 Å². The van der Waals surface area contributed by atoms with Crippen LogP contribution in [0.15, 0.2) is 36.5 Å². The van der Waals surface area contributed by atoms with Crippen LogP contribution in [0.4, 0.5) is 5.82 Å². The Morgan fingerprint density at radius 3 is 2.86 bits per heavy atom. The van der Waals surface area contributed by atoms with Crippen molar-refractivity contribution in [2.45, 2.75) is 13.1 Å². The quantitative estimate of drug-likeness (QED) is 0.869. The number of nitrogens with zero attached hydrogens (tertiary/aromatic N) is 3. The molecule has 0 atom stereocenters. The largest absolute Gasteiger partial charge is 0.492 e. The third kappa shape index (κ3) is 3.51. The number of aromatic nitrogens is 1. The Morgan fingerprint density at radius 2 is 2.14 bits per heavy atom. The molecule has 2 heterocycles. The van der Waals surface area contributed by atoms with Crippen LogP contribution in [0.25, 0.3) is 0 Å². The highest BCUT2D eigenvalue weighted by atomic mass is 35.5. The zero-order valence-electron chi connectivity index (χ0n) is 12.9. The van der Waals surface area contributed by atoms with Gasteiger partial charge in [-0.3, -0.25) is 4.90 Å². The molecule has 0 N–H and O–H groups in total. The molecule has 0 radical (unpaired) electrons. The van der Waals surface area contributed by atoms with Crippen molar-refractivity contribution < 1.29 is 4.74 Å². The Morgan fingerprint density at radius 1 is 1.27 bits per heavy atom. The summed E-state index contributed by atoms with van der Waals surface area (Å²) in [5, 5.41) is 0.751. The summed E-state index contributed by atoms with van der Waals surface area (Å²) in [6.07, 6.45) is 1.94. The zero-order chi connectivity index (χ0) is 15.5. The fourth-order valence-electron chi connectivity index (χ4n) is 2.58. The number of benzene rings is 1. The number of pyridine rings is 1. The van der Waals surface area contributed by atoms with Crippen molar-refractivity contribution in [1.82, 2.24) is 9.88 Å². The highest BCUT2D eigenvalue weighted by Crippen LogP contribution is 2.27. The Kier molecular flexibility index (Phi) is 4.50. The van der Waals surface area contributed by atoms with Crippen molar-refractivity contribution in [2.24, 2.45) is 0 Å². The predicted octanol–water partition coefficient (Wildman–Crippen LogP) is 3.20. The van der Waals surface area contributed by atoms with Gasteiger partial charge in [0, 0.05) is 50.5 Å². The van der Waals surface area contributed by atoms with E-state index in [0.717, 1.165) is 41.8 Å². The number of hydrogen-bond acceptors (Lipinski definition) is 4. The Bertz CT molecular complexity index is 643. The molecule has 3 rings (SSSR count). The van der Waals surface area contributed by atoms with E-state index in [0.29, 0.717) is 6.61 Å². The Hall–Kier alpha value is -1.78. The lowest BCUT2D eigenvalue weighted by Gasteiger charge is -2.19. The van der Waals surface area contributed by atoms with Crippen LogP contribution in [0.1, 0.15) is 11.1 Å². The van der Waals surface area contributed by atoms with Crippen molar-refractivity contribution in [3.05, 3.63) is 52.7 Å². The van der Waals surface area contributed by atoms with Crippen molar-refractivity contribution in [1.29, 1.82) is 0 Å². The van der Waals surface area contributed by atoms with Crippen LogP contribution in [0.3, 0.4) is 0 Å². The van der Waals surface area contributed by atoms with Gasteiger partial charge in [-0.05, 0) is 29.8 Å². The molecule has 1 aliphatic rings. The Labute approximate surface area is 136 Å². The molecule has 1 aliphatic heterocycles. The Balaban J connectivity index is 1.72. The van der Waals surface area contributed by atoms with Gasteiger partial charge in [0.15, 0.2) is 0 Å². The van der Waals surface area contributed by atoms with Gasteiger partial charge in [0.25, 0.3) is 0 Å². The van der Waals surface area contributed by atoms with Gasteiger partial charge >= 0.3 is 0 Å². The second kappa shape index (κ2) is 6.55.